The zero-order valence-corrected chi connectivity index (χ0v) is 15.9. The van der Waals surface area contributed by atoms with Crippen LogP contribution in [0.3, 0.4) is 0 Å². The molecule has 0 saturated carbocycles. The van der Waals surface area contributed by atoms with Gasteiger partial charge >= 0.3 is 0 Å². The molecular weight excluding hydrogens is 337 g/mol. The highest BCUT2D eigenvalue weighted by Gasteiger charge is 2.37. The Hall–Kier alpha value is -3.09. The molecule has 0 aliphatic carbocycles. The van der Waals surface area contributed by atoms with Crippen molar-refractivity contribution in [1.29, 1.82) is 0 Å². The first-order valence-electron chi connectivity index (χ1n) is 9.08. The number of aryl methyl sites for hydroxylation is 1. The molecule has 7 heteroatoms. The predicted molar refractivity (Wildman–Crippen MR) is 110 cm³/mol. The third-order valence-electron chi connectivity index (χ3n) is 5.13. The zero-order chi connectivity index (χ0) is 18.8. The quantitative estimate of drug-likeness (QED) is 0.513. The molecule has 0 amide bonds. The highest BCUT2D eigenvalue weighted by Crippen LogP contribution is 2.45. The van der Waals surface area contributed by atoms with Crippen molar-refractivity contribution in [3.8, 4) is 0 Å². The number of aromatic nitrogens is 3. The van der Waals surface area contributed by atoms with E-state index < -0.39 is 0 Å². The van der Waals surface area contributed by atoms with Gasteiger partial charge in [0.25, 0.3) is 0 Å². The zero-order valence-electron chi connectivity index (χ0n) is 15.9. The topological polar surface area (TPSA) is 58.3 Å². The first kappa shape index (κ1) is 16.1. The Balaban J connectivity index is 1.78. The van der Waals surface area contributed by atoms with Gasteiger partial charge in [0, 0.05) is 34.8 Å². The largest absolute Gasteiger partial charge is 0.435 e. The van der Waals surface area contributed by atoms with Crippen molar-refractivity contribution in [3.05, 3.63) is 48.4 Å². The Kier molecular flexibility index (Phi) is 3.26. The lowest BCUT2D eigenvalue weighted by atomic mass is 9.80. The van der Waals surface area contributed by atoms with Crippen molar-refractivity contribution in [3.63, 3.8) is 0 Å². The molecule has 0 saturated heterocycles. The lowest BCUT2D eigenvalue weighted by Gasteiger charge is -2.33. The number of hydrogen-bond acceptors (Lipinski definition) is 6. The van der Waals surface area contributed by atoms with Gasteiger partial charge in [-0.2, -0.15) is 0 Å². The van der Waals surface area contributed by atoms with E-state index in [1.54, 1.807) is 18.6 Å². The highest BCUT2D eigenvalue weighted by molar-refractivity contribution is 6.17. The fourth-order valence-corrected chi connectivity index (χ4v) is 3.78. The van der Waals surface area contributed by atoms with Gasteiger partial charge in [-0.25, -0.2) is 15.0 Å². The van der Waals surface area contributed by atoms with E-state index in [9.17, 15) is 0 Å². The lowest BCUT2D eigenvalue weighted by Crippen LogP contribution is -2.46. The summed E-state index contributed by atoms with van der Waals surface area (Å²) in [5.41, 5.74) is 3.59. The van der Waals surface area contributed by atoms with Gasteiger partial charge in [0.05, 0.1) is 12.4 Å². The Labute approximate surface area is 158 Å². The summed E-state index contributed by atoms with van der Waals surface area (Å²) in [4.78, 5) is 18.1. The van der Waals surface area contributed by atoms with Crippen LogP contribution in [-0.4, -0.2) is 34.9 Å². The predicted octanol–water partition coefficient (Wildman–Crippen LogP) is 3.36. The van der Waals surface area contributed by atoms with E-state index >= 15 is 0 Å². The van der Waals surface area contributed by atoms with E-state index in [4.69, 9.17) is 4.42 Å². The normalized spacial score (nSPS) is 14.3. The van der Waals surface area contributed by atoms with Gasteiger partial charge in [-0.3, -0.25) is 0 Å². The summed E-state index contributed by atoms with van der Waals surface area (Å²) in [5.74, 6) is 1.76. The van der Waals surface area contributed by atoms with Crippen LogP contribution in [0.2, 0.25) is 0 Å². The number of pyridine rings is 1. The number of furan rings is 1. The molecule has 5 rings (SSSR count). The van der Waals surface area contributed by atoms with Crippen molar-refractivity contribution in [2.45, 2.75) is 26.2 Å². The van der Waals surface area contributed by atoms with Crippen LogP contribution in [-0.2, 0) is 0 Å². The SMILES string of the molecule is BC(C)(C)N1CN(c2c(C)ccc3c2oc2ncccc23)c2nccnc21. The summed E-state index contributed by atoms with van der Waals surface area (Å²) >= 11 is 0. The maximum atomic E-state index is 6.19. The molecule has 1 aliphatic rings. The summed E-state index contributed by atoms with van der Waals surface area (Å²) in [6, 6.07) is 8.23. The second-order valence-electron chi connectivity index (χ2n) is 7.94. The first-order chi connectivity index (χ1) is 12.9. The van der Waals surface area contributed by atoms with Crippen LogP contribution >= 0.6 is 0 Å². The van der Waals surface area contributed by atoms with Gasteiger partial charge in [0.1, 0.15) is 7.85 Å². The molecule has 27 heavy (non-hydrogen) atoms. The van der Waals surface area contributed by atoms with E-state index in [0.717, 1.165) is 39.2 Å². The molecule has 0 atom stereocenters. The Morgan fingerprint density at radius 1 is 1.00 bits per heavy atom. The first-order valence-corrected chi connectivity index (χ1v) is 9.08. The summed E-state index contributed by atoms with van der Waals surface area (Å²) in [5, 5.41) is 2.10. The molecule has 1 aromatic carbocycles. The molecule has 134 valence electrons. The van der Waals surface area contributed by atoms with Crippen LogP contribution in [0.15, 0.2) is 47.3 Å². The maximum absolute atomic E-state index is 6.19. The van der Waals surface area contributed by atoms with Crippen LogP contribution in [0.25, 0.3) is 22.1 Å². The van der Waals surface area contributed by atoms with Gasteiger partial charge in [-0.05, 0) is 38.5 Å². The third kappa shape index (κ3) is 2.31. The van der Waals surface area contributed by atoms with Gasteiger partial charge in [0.2, 0.25) is 5.71 Å². The van der Waals surface area contributed by atoms with Crippen molar-refractivity contribution in [2.24, 2.45) is 0 Å². The summed E-state index contributed by atoms with van der Waals surface area (Å²) < 4.78 is 6.19. The van der Waals surface area contributed by atoms with Crippen LogP contribution in [0, 0.1) is 6.92 Å². The number of rotatable bonds is 2. The minimum Gasteiger partial charge on any atom is -0.435 e. The Morgan fingerprint density at radius 3 is 2.56 bits per heavy atom. The smallest absolute Gasteiger partial charge is 0.227 e. The minimum atomic E-state index is -0.0727. The molecule has 4 aromatic rings. The molecule has 6 nitrogen and oxygen atoms in total. The second-order valence-corrected chi connectivity index (χ2v) is 7.94. The van der Waals surface area contributed by atoms with Crippen LogP contribution < -0.4 is 9.80 Å². The number of hydrogen-bond donors (Lipinski definition) is 0. The molecule has 0 spiro atoms. The molecule has 1 aliphatic heterocycles. The van der Waals surface area contributed by atoms with Gasteiger partial charge in [-0.15, -0.1) is 0 Å². The van der Waals surface area contributed by atoms with Gasteiger partial charge < -0.3 is 14.2 Å². The average Bonchev–Trinajstić information content (AvgIpc) is 3.20. The van der Waals surface area contributed by atoms with Crippen molar-refractivity contribution in [1.82, 2.24) is 15.0 Å². The summed E-state index contributed by atoms with van der Waals surface area (Å²) in [6.45, 7) is 7.15. The Bertz CT molecular complexity index is 1180. The van der Waals surface area contributed by atoms with E-state index in [1.165, 1.54) is 0 Å². The number of benzene rings is 1. The van der Waals surface area contributed by atoms with Crippen LogP contribution in [0.1, 0.15) is 19.4 Å². The molecule has 0 radical (unpaired) electrons. The van der Waals surface area contributed by atoms with Crippen LogP contribution in [0.5, 0.6) is 0 Å². The molecular formula is C20H20BN5O. The van der Waals surface area contributed by atoms with Gasteiger partial charge in [-0.1, -0.05) is 12.1 Å². The monoisotopic (exact) mass is 357 g/mol. The van der Waals surface area contributed by atoms with Crippen molar-refractivity contribution in [2.75, 3.05) is 16.5 Å². The van der Waals surface area contributed by atoms with E-state index in [2.05, 4.69) is 65.5 Å². The highest BCUT2D eigenvalue weighted by atomic mass is 16.3. The number of nitrogens with zero attached hydrogens (tertiary/aromatic N) is 5. The second kappa shape index (κ2) is 5.46. The van der Waals surface area contributed by atoms with Crippen molar-refractivity contribution >= 4 is 47.2 Å². The number of anilines is 3. The van der Waals surface area contributed by atoms with E-state index in [0.29, 0.717) is 12.4 Å². The fraction of sp³-hybridized carbons (Fsp3) is 0.250. The molecule has 0 bridgehead atoms. The molecule has 0 N–H and O–H groups in total. The Morgan fingerprint density at radius 2 is 1.78 bits per heavy atom. The molecule has 0 fully saturated rings. The maximum Gasteiger partial charge on any atom is 0.227 e. The number of fused-ring (bicyclic) bond motifs is 4. The van der Waals surface area contributed by atoms with Crippen LogP contribution in [0.4, 0.5) is 17.3 Å². The average molecular weight is 357 g/mol. The summed E-state index contributed by atoms with van der Waals surface area (Å²) in [6.07, 6.45) is 5.25. The van der Waals surface area contributed by atoms with E-state index in [1.807, 2.05) is 12.1 Å². The standard InChI is InChI=1S/C20H20BN5O/c1-12-6-7-13-14-5-4-8-24-19(14)27-16(13)15(12)25-11-26(20(2,3)21)18-17(25)22-9-10-23-18/h4-10H,11,21H2,1-3H3. The third-order valence-corrected chi connectivity index (χ3v) is 5.13. The van der Waals surface area contributed by atoms with E-state index in [-0.39, 0.29) is 5.44 Å². The minimum absolute atomic E-state index is 0.0727. The van der Waals surface area contributed by atoms with Crippen molar-refractivity contribution < 1.29 is 4.42 Å². The fourth-order valence-electron chi connectivity index (χ4n) is 3.78. The molecule has 3 aromatic heterocycles. The summed E-state index contributed by atoms with van der Waals surface area (Å²) in [7, 11) is 2.19. The molecule has 0 unspecified atom stereocenters. The molecule has 4 heterocycles. The lowest BCUT2D eigenvalue weighted by molar-refractivity contribution is 0.631. The van der Waals surface area contributed by atoms with Gasteiger partial charge in [0.15, 0.2) is 17.2 Å².